The normalized spacial score (nSPS) is 19.4. The molecule has 1 saturated heterocycles. The van der Waals surface area contributed by atoms with Gasteiger partial charge in [-0.2, -0.15) is 0 Å². The first kappa shape index (κ1) is 15.3. The Hall–Kier alpha value is -2.27. The van der Waals surface area contributed by atoms with Crippen LogP contribution >= 0.6 is 11.8 Å². The number of benzene rings is 2. The number of thioether (sulfide) groups is 1. The molecule has 4 rings (SSSR count). The van der Waals surface area contributed by atoms with Gasteiger partial charge >= 0.3 is 0 Å². The van der Waals surface area contributed by atoms with Crippen LogP contribution < -0.4 is 10.2 Å². The number of hydrogen-bond donors (Lipinski definition) is 1. The summed E-state index contributed by atoms with van der Waals surface area (Å²) in [6.07, 6.45) is 2.20. The quantitative estimate of drug-likeness (QED) is 0.932. The second kappa shape index (κ2) is 6.32. The van der Waals surface area contributed by atoms with Crippen LogP contribution in [0.5, 0.6) is 0 Å². The highest BCUT2D eigenvalue weighted by Crippen LogP contribution is 2.38. The minimum atomic E-state index is -0.121. The maximum Gasteiger partial charge on any atom is 0.238 e. The summed E-state index contributed by atoms with van der Waals surface area (Å²) in [6, 6.07) is 15.7. The second-order valence-electron chi connectivity index (χ2n) is 6.07. The highest BCUT2D eigenvalue weighted by molar-refractivity contribution is 8.01. The summed E-state index contributed by atoms with van der Waals surface area (Å²) in [5.74, 6) is 0.120. The van der Waals surface area contributed by atoms with Gasteiger partial charge in [0.2, 0.25) is 11.8 Å². The molecule has 2 amide bonds. The van der Waals surface area contributed by atoms with Gasteiger partial charge in [0.1, 0.15) is 0 Å². The van der Waals surface area contributed by atoms with Gasteiger partial charge in [-0.15, -0.1) is 11.8 Å². The molecule has 0 aliphatic carbocycles. The number of nitrogens with zero attached hydrogens (tertiary/aromatic N) is 1. The van der Waals surface area contributed by atoms with Crippen molar-refractivity contribution in [2.45, 2.75) is 29.4 Å². The SMILES string of the molecule is O=C(Nc1ccccc1N1CCCC1=O)[C@H]1Cc2ccccc2S1. The third-order valence-corrected chi connectivity index (χ3v) is 5.78. The molecule has 2 aliphatic heterocycles. The molecule has 0 unspecified atom stereocenters. The molecule has 24 heavy (non-hydrogen) atoms. The highest BCUT2D eigenvalue weighted by atomic mass is 32.2. The minimum Gasteiger partial charge on any atom is -0.323 e. The van der Waals surface area contributed by atoms with Crippen molar-refractivity contribution in [3.8, 4) is 0 Å². The number of para-hydroxylation sites is 2. The van der Waals surface area contributed by atoms with Gasteiger partial charge in [0.25, 0.3) is 0 Å². The average molecular weight is 338 g/mol. The molecule has 0 aromatic heterocycles. The first-order valence-corrected chi connectivity index (χ1v) is 9.05. The van der Waals surface area contributed by atoms with Crippen molar-refractivity contribution < 1.29 is 9.59 Å². The second-order valence-corrected chi connectivity index (χ2v) is 7.32. The Bertz CT molecular complexity index is 780. The first-order chi connectivity index (χ1) is 11.7. The van der Waals surface area contributed by atoms with Gasteiger partial charge in [-0.25, -0.2) is 0 Å². The molecule has 1 N–H and O–H groups in total. The van der Waals surface area contributed by atoms with Crippen LogP contribution in [0.25, 0.3) is 0 Å². The van der Waals surface area contributed by atoms with Gasteiger partial charge in [0, 0.05) is 17.9 Å². The molecule has 2 heterocycles. The van der Waals surface area contributed by atoms with Crippen molar-refractivity contribution >= 4 is 35.0 Å². The van der Waals surface area contributed by atoms with E-state index in [1.165, 1.54) is 10.5 Å². The minimum absolute atomic E-state index is 0.00436. The van der Waals surface area contributed by atoms with Crippen LogP contribution in [0, 0.1) is 0 Å². The number of carbonyl (C=O) groups excluding carboxylic acids is 2. The zero-order valence-electron chi connectivity index (χ0n) is 13.2. The number of nitrogens with one attached hydrogen (secondary N) is 1. The summed E-state index contributed by atoms with van der Waals surface area (Å²) >= 11 is 1.61. The number of hydrogen-bond acceptors (Lipinski definition) is 3. The third kappa shape index (κ3) is 2.80. The Balaban J connectivity index is 1.52. The van der Waals surface area contributed by atoms with Crippen LogP contribution in [0.1, 0.15) is 18.4 Å². The van der Waals surface area contributed by atoms with Gasteiger partial charge in [-0.05, 0) is 36.6 Å². The van der Waals surface area contributed by atoms with E-state index in [9.17, 15) is 9.59 Å². The van der Waals surface area contributed by atoms with Gasteiger partial charge in [0.15, 0.2) is 0 Å². The van der Waals surface area contributed by atoms with Gasteiger partial charge < -0.3 is 10.2 Å². The van der Waals surface area contributed by atoms with E-state index in [0.717, 1.165) is 25.1 Å². The molecule has 122 valence electrons. The topological polar surface area (TPSA) is 49.4 Å². The van der Waals surface area contributed by atoms with E-state index in [1.54, 1.807) is 16.7 Å². The van der Waals surface area contributed by atoms with E-state index in [1.807, 2.05) is 36.4 Å². The number of anilines is 2. The summed E-state index contributed by atoms with van der Waals surface area (Å²) in [5, 5.41) is 2.91. The van der Waals surface area contributed by atoms with Gasteiger partial charge in [-0.3, -0.25) is 9.59 Å². The standard InChI is InChI=1S/C19H18N2O2S/c22-18-10-5-11-21(18)15-8-3-2-7-14(15)20-19(23)17-12-13-6-1-4-9-16(13)24-17/h1-4,6-9,17H,5,10-12H2,(H,20,23)/t17-/m1/s1. The summed E-state index contributed by atoms with van der Waals surface area (Å²) < 4.78 is 0. The molecule has 2 aromatic carbocycles. The molecular formula is C19H18N2O2S. The Morgan fingerprint density at radius 2 is 1.92 bits per heavy atom. The molecule has 2 aromatic rings. The summed E-state index contributed by atoms with van der Waals surface area (Å²) in [6.45, 7) is 0.718. The smallest absolute Gasteiger partial charge is 0.238 e. The predicted molar refractivity (Wildman–Crippen MR) is 96.4 cm³/mol. The summed E-state index contributed by atoms with van der Waals surface area (Å²) in [7, 11) is 0. The molecule has 0 spiro atoms. The predicted octanol–water partition coefficient (Wildman–Crippen LogP) is 3.47. The monoisotopic (exact) mass is 338 g/mol. The lowest BCUT2D eigenvalue weighted by molar-refractivity contribution is -0.117. The van der Waals surface area contributed by atoms with E-state index in [0.29, 0.717) is 12.1 Å². The van der Waals surface area contributed by atoms with Gasteiger partial charge in [0.05, 0.1) is 16.6 Å². The van der Waals surface area contributed by atoms with Crippen LogP contribution in [0.4, 0.5) is 11.4 Å². The lowest BCUT2D eigenvalue weighted by Gasteiger charge is -2.20. The van der Waals surface area contributed by atoms with Crippen molar-refractivity contribution in [1.82, 2.24) is 0 Å². The summed E-state index contributed by atoms with van der Waals surface area (Å²) in [5.41, 5.74) is 2.74. The van der Waals surface area contributed by atoms with E-state index in [4.69, 9.17) is 0 Å². The van der Waals surface area contributed by atoms with Crippen LogP contribution in [-0.2, 0) is 16.0 Å². The third-order valence-electron chi connectivity index (χ3n) is 4.47. The fourth-order valence-corrected chi connectivity index (χ4v) is 4.45. The molecule has 1 fully saturated rings. The van der Waals surface area contributed by atoms with Crippen LogP contribution in [-0.4, -0.2) is 23.6 Å². The fourth-order valence-electron chi connectivity index (χ4n) is 3.26. The molecule has 4 nitrogen and oxygen atoms in total. The molecule has 5 heteroatoms. The highest BCUT2D eigenvalue weighted by Gasteiger charge is 2.29. The van der Waals surface area contributed by atoms with Crippen LogP contribution in [0.3, 0.4) is 0 Å². The van der Waals surface area contributed by atoms with Crippen molar-refractivity contribution in [2.75, 3.05) is 16.8 Å². The first-order valence-electron chi connectivity index (χ1n) is 8.17. The van der Waals surface area contributed by atoms with Gasteiger partial charge in [-0.1, -0.05) is 30.3 Å². The Morgan fingerprint density at radius 1 is 1.12 bits per heavy atom. The summed E-state index contributed by atoms with van der Waals surface area (Å²) in [4.78, 5) is 27.7. The van der Waals surface area contributed by atoms with Crippen molar-refractivity contribution in [3.63, 3.8) is 0 Å². The van der Waals surface area contributed by atoms with Crippen LogP contribution in [0.15, 0.2) is 53.4 Å². The zero-order valence-corrected chi connectivity index (χ0v) is 14.0. The zero-order chi connectivity index (χ0) is 16.5. The molecule has 0 bridgehead atoms. The van der Waals surface area contributed by atoms with Crippen molar-refractivity contribution in [3.05, 3.63) is 54.1 Å². The molecular weight excluding hydrogens is 320 g/mol. The van der Waals surface area contributed by atoms with E-state index in [2.05, 4.69) is 17.4 Å². The Kier molecular flexibility index (Phi) is 4.02. The fraction of sp³-hybridized carbons (Fsp3) is 0.263. The number of carbonyl (C=O) groups is 2. The number of rotatable bonds is 3. The lowest BCUT2D eigenvalue weighted by atomic mass is 10.1. The molecule has 0 saturated carbocycles. The maximum absolute atomic E-state index is 12.7. The van der Waals surface area contributed by atoms with Crippen LogP contribution in [0.2, 0.25) is 0 Å². The average Bonchev–Trinajstić information content (AvgIpc) is 3.21. The van der Waals surface area contributed by atoms with E-state index >= 15 is 0 Å². The van der Waals surface area contributed by atoms with Crippen molar-refractivity contribution in [2.24, 2.45) is 0 Å². The molecule has 2 aliphatic rings. The Labute approximate surface area is 145 Å². The van der Waals surface area contributed by atoms with E-state index < -0.39 is 0 Å². The van der Waals surface area contributed by atoms with E-state index in [-0.39, 0.29) is 17.1 Å². The number of fused-ring (bicyclic) bond motifs is 1. The molecule has 1 atom stereocenters. The molecule has 0 radical (unpaired) electrons. The van der Waals surface area contributed by atoms with Crippen molar-refractivity contribution in [1.29, 1.82) is 0 Å². The maximum atomic E-state index is 12.7. The number of amides is 2. The largest absolute Gasteiger partial charge is 0.323 e. The Morgan fingerprint density at radius 3 is 2.71 bits per heavy atom. The lowest BCUT2D eigenvalue weighted by Crippen LogP contribution is -2.28.